The van der Waals surface area contributed by atoms with E-state index in [1.54, 1.807) is 0 Å². The summed E-state index contributed by atoms with van der Waals surface area (Å²) in [6, 6.07) is 0. The molecule has 0 aromatic rings. The minimum absolute atomic E-state index is 0.114. The SMILES string of the molecule is CCC(CCCCC(O)C#CCC(C)O[Si](C)(C)C(C)(C)C)O[Si](C)(C)C(C)(C)C. The molecule has 0 fully saturated rings. The van der Waals surface area contributed by atoms with E-state index in [9.17, 15) is 5.11 Å². The van der Waals surface area contributed by atoms with Gasteiger partial charge in [-0.25, -0.2) is 0 Å². The summed E-state index contributed by atoms with van der Waals surface area (Å²) in [6.07, 6.45) is 5.53. The molecule has 0 aliphatic rings. The summed E-state index contributed by atoms with van der Waals surface area (Å²) >= 11 is 0. The predicted octanol–water partition coefficient (Wildman–Crippen LogP) is 7.51. The first-order chi connectivity index (χ1) is 13.4. The summed E-state index contributed by atoms with van der Waals surface area (Å²) in [5, 5.41) is 10.7. The van der Waals surface area contributed by atoms with Crippen LogP contribution in [0.1, 0.15) is 93.9 Å². The number of hydrogen-bond acceptors (Lipinski definition) is 3. The van der Waals surface area contributed by atoms with Crippen LogP contribution in [-0.2, 0) is 8.85 Å². The third-order valence-electron chi connectivity index (χ3n) is 6.94. The Hall–Kier alpha value is -0.126. The quantitative estimate of drug-likeness (QED) is 0.198. The van der Waals surface area contributed by atoms with Crippen LogP contribution in [0, 0.1) is 11.8 Å². The van der Waals surface area contributed by atoms with E-state index in [2.05, 4.69) is 93.4 Å². The average molecular weight is 457 g/mol. The second kappa shape index (κ2) is 12.2. The summed E-state index contributed by atoms with van der Waals surface area (Å²) < 4.78 is 12.9. The smallest absolute Gasteiger partial charge is 0.192 e. The molecule has 1 N–H and O–H groups in total. The van der Waals surface area contributed by atoms with Crippen molar-refractivity contribution in [1.82, 2.24) is 0 Å². The van der Waals surface area contributed by atoms with Gasteiger partial charge in [-0.05, 0) is 68.9 Å². The molecule has 178 valence electrons. The molecule has 0 saturated carbocycles. The molecule has 0 spiro atoms. The first kappa shape index (κ1) is 29.9. The van der Waals surface area contributed by atoms with Crippen molar-refractivity contribution in [3.05, 3.63) is 0 Å². The zero-order valence-corrected chi connectivity index (χ0v) is 24.2. The second-order valence-corrected chi connectivity index (χ2v) is 21.4. The van der Waals surface area contributed by atoms with Gasteiger partial charge in [-0.15, -0.1) is 0 Å². The van der Waals surface area contributed by atoms with Crippen LogP contribution in [0.25, 0.3) is 0 Å². The highest BCUT2D eigenvalue weighted by atomic mass is 28.4. The van der Waals surface area contributed by atoms with Gasteiger partial charge >= 0.3 is 0 Å². The van der Waals surface area contributed by atoms with E-state index in [0.717, 1.165) is 32.1 Å². The molecule has 5 heteroatoms. The molecular formula is C25H52O3Si2. The van der Waals surface area contributed by atoms with Gasteiger partial charge in [-0.2, -0.15) is 0 Å². The molecular weight excluding hydrogens is 404 g/mol. The summed E-state index contributed by atoms with van der Waals surface area (Å²) in [6.45, 7) is 27.1. The Morgan fingerprint density at radius 1 is 0.833 bits per heavy atom. The van der Waals surface area contributed by atoms with E-state index >= 15 is 0 Å². The number of hydrogen-bond donors (Lipinski definition) is 1. The number of rotatable bonds is 11. The first-order valence-corrected chi connectivity index (χ1v) is 17.8. The van der Waals surface area contributed by atoms with Gasteiger partial charge in [0.25, 0.3) is 0 Å². The largest absolute Gasteiger partial charge is 0.414 e. The van der Waals surface area contributed by atoms with Crippen molar-refractivity contribution in [2.75, 3.05) is 0 Å². The number of aliphatic hydroxyl groups is 1. The van der Waals surface area contributed by atoms with E-state index in [-0.39, 0.29) is 16.2 Å². The maximum atomic E-state index is 10.2. The van der Waals surface area contributed by atoms with E-state index in [1.165, 1.54) is 0 Å². The molecule has 0 aromatic carbocycles. The molecule has 30 heavy (non-hydrogen) atoms. The lowest BCUT2D eigenvalue weighted by molar-refractivity contribution is 0.159. The summed E-state index contributed by atoms with van der Waals surface area (Å²) in [5.74, 6) is 6.16. The minimum Gasteiger partial charge on any atom is -0.414 e. The molecule has 3 nitrogen and oxygen atoms in total. The molecule has 0 rings (SSSR count). The fourth-order valence-corrected chi connectivity index (χ4v) is 5.68. The van der Waals surface area contributed by atoms with E-state index in [4.69, 9.17) is 8.85 Å². The predicted molar refractivity (Wildman–Crippen MR) is 137 cm³/mol. The zero-order chi connectivity index (χ0) is 23.8. The van der Waals surface area contributed by atoms with Crippen LogP contribution in [0.4, 0.5) is 0 Å². The van der Waals surface area contributed by atoms with Crippen LogP contribution in [0.15, 0.2) is 0 Å². The lowest BCUT2D eigenvalue weighted by atomic mass is 10.1. The molecule has 0 aliphatic carbocycles. The van der Waals surface area contributed by atoms with Crippen molar-refractivity contribution in [3.8, 4) is 11.8 Å². The standard InChI is InChI=1S/C25H52O3Si2/c1-13-23(28-30(11,12)25(6,7)8)20-15-14-18-22(26)19-16-17-21(2)27-29(9,10)24(3,4)5/h21-23,26H,13-15,17-18,20H2,1-12H3. The Kier molecular flexibility index (Phi) is 12.2. The molecule has 0 aliphatic heterocycles. The molecule has 0 amide bonds. The van der Waals surface area contributed by atoms with Gasteiger partial charge in [0.05, 0.1) is 6.10 Å². The Labute approximate surface area is 191 Å². The highest BCUT2D eigenvalue weighted by Crippen LogP contribution is 2.38. The highest BCUT2D eigenvalue weighted by Gasteiger charge is 2.39. The fourth-order valence-electron chi connectivity index (χ4n) is 2.76. The maximum absolute atomic E-state index is 10.2. The van der Waals surface area contributed by atoms with Crippen LogP contribution < -0.4 is 0 Å². The third kappa shape index (κ3) is 11.0. The monoisotopic (exact) mass is 456 g/mol. The molecule has 3 atom stereocenters. The Balaban J connectivity index is 4.32. The van der Waals surface area contributed by atoms with Crippen LogP contribution in [0.3, 0.4) is 0 Å². The van der Waals surface area contributed by atoms with E-state index in [1.807, 2.05) is 0 Å². The van der Waals surface area contributed by atoms with Gasteiger partial charge in [0.2, 0.25) is 0 Å². The van der Waals surface area contributed by atoms with Crippen LogP contribution >= 0.6 is 0 Å². The summed E-state index contributed by atoms with van der Waals surface area (Å²) in [7, 11) is -3.46. The van der Waals surface area contributed by atoms with Crippen LogP contribution in [-0.4, -0.2) is 40.1 Å². The minimum atomic E-state index is -1.75. The van der Waals surface area contributed by atoms with E-state index in [0.29, 0.717) is 12.5 Å². The lowest BCUT2D eigenvalue weighted by Gasteiger charge is -2.39. The average Bonchev–Trinajstić information content (AvgIpc) is 2.54. The second-order valence-electron chi connectivity index (χ2n) is 11.9. The third-order valence-corrected chi connectivity index (χ3v) is 16.1. The van der Waals surface area contributed by atoms with Crippen LogP contribution in [0.5, 0.6) is 0 Å². The molecule has 0 radical (unpaired) electrons. The van der Waals surface area contributed by atoms with Crippen molar-refractivity contribution < 1.29 is 14.0 Å². The number of aliphatic hydroxyl groups excluding tert-OH is 1. The van der Waals surface area contributed by atoms with E-state index < -0.39 is 22.7 Å². The Morgan fingerprint density at radius 2 is 1.30 bits per heavy atom. The zero-order valence-electron chi connectivity index (χ0n) is 22.2. The Bertz CT molecular complexity index is 547. The topological polar surface area (TPSA) is 38.7 Å². The first-order valence-electron chi connectivity index (χ1n) is 11.9. The molecule has 0 bridgehead atoms. The fraction of sp³-hybridized carbons (Fsp3) is 0.920. The van der Waals surface area contributed by atoms with Gasteiger partial charge in [0.1, 0.15) is 6.10 Å². The maximum Gasteiger partial charge on any atom is 0.192 e. The normalized spacial score (nSPS) is 16.6. The van der Waals surface area contributed by atoms with Gasteiger partial charge < -0.3 is 14.0 Å². The van der Waals surface area contributed by atoms with Crippen LogP contribution in [0.2, 0.25) is 36.3 Å². The van der Waals surface area contributed by atoms with Crippen molar-refractivity contribution in [3.63, 3.8) is 0 Å². The van der Waals surface area contributed by atoms with Crippen molar-refractivity contribution in [2.45, 2.75) is 148 Å². The molecule has 0 saturated heterocycles. The molecule has 3 unspecified atom stereocenters. The van der Waals surface area contributed by atoms with Gasteiger partial charge in [0, 0.05) is 12.5 Å². The Morgan fingerprint density at radius 3 is 1.77 bits per heavy atom. The molecule has 0 heterocycles. The highest BCUT2D eigenvalue weighted by molar-refractivity contribution is 6.74. The lowest BCUT2D eigenvalue weighted by Crippen LogP contribution is -2.43. The summed E-state index contributed by atoms with van der Waals surface area (Å²) in [5.41, 5.74) is 0. The van der Waals surface area contributed by atoms with Crippen molar-refractivity contribution in [2.24, 2.45) is 0 Å². The van der Waals surface area contributed by atoms with Crippen molar-refractivity contribution >= 4 is 16.6 Å². The molecule has 0 aromatic heterocycles. The van der Waals surface area contributed by atoms with Gasteiger partial charge in [0.15, 0.2) is 16.6 Å². The van der Waals surface area contributed by atoms with Crippen molar-refractivity contribution in [1.29, 1.82) is 0 Å². The van der Waals surface area contributed by atoms with Gasteiger partial charge in [-0.3, -0.25) is 0 Å². The number of unbranched alkanes of at least 4 members (excludes halogenated alkanes) is 1. The summed E-state index contributed by atoms with van der Waals surface area (Å²) in [4.78, 5) is 0. The van der Waals surface area contributed by atoms with Gasteiger partial charge in [-0.1, -0.05) is 66.7 Å².